The molecule has 1 atom stereocenters. The molecule has 1 fully saturated rings. The molecule has 21 heavy (non-hydrogen) atoms. The molecular weight excluding hydrogens is 268 g/mol. The van der Waals surface area contributed by atoms with E-state index in [4.69, 9.17) is 4.74 Å². The first-order valence-electron chi connectivity index (χ1n) is 7.53. The third-order valence-corrected chi connectivity index (χ3v) is 3.74. The van der Waals surface area contributed by atoms with E-state index in [1.165, 1.54) is 5.56 Å². The molecule has 0 radical (unpaired) electrons. The van der Waals surface area contributed by atoms with Gasteiger partial charge in [0.2, 0.25) is 0 Å². The number of urea groups is 1. The third kappa shape index (κ3) is 4.93. The second-order valence-electron chi connectivity index (χ2n) is 5.43. The Morgan fingerprint density at radius 2 is 2.38 bits per heavy atom. The Morgan fingerprint density at radius 3 is 3.14 bits per heavy atom. The Hall–Kier alpha value is -1.75. The number of carbonyl (C=O) groups excluding carboxylic acids is 1. The maximum absolute atomic E-state index is 11.9. The largest absolute Gasteiger partial charge is 0.497 e. The quantitative estimate of drug-likeness (QED) is 0.813. The predicted molar refractivity (Wildman–Crippen MR) is 81.5 cm³/mol. The van der Waals surface area contributed by atoms with Crippen molar-refractivity contribution in [2.24, 2.45) is 0 Å². The summed E-state index contributed by atoms with van der Waals surface area (Å²) in [7, 11) is 1.66. The van der Waals surface area contributed by atoms with Crippen LogP contribution in [0, 0.1) is 0 Å². The first-order chi connectivity index (χ1) is 10.2. The van der Waals surface area contributed by atoms with Gasteiger partial charge in [-0.15, -0.1) is 0 Å². The standard InChI is InChI=1S/C16H24N2O3/c1-21-15-8-2-5-13(11-15)6-3-9-17-16(20)18-10-4-7-14(19)12-18/h2,5,8,11,14,19H,3-4,6-7,9-10,12H2,1H3,(H,17,20). The number of hydrogen-bond acceptors (Lipinski definition) is 3. The summed E-state index contributed by atoms with van der Waals surface area (Å²) < 4.78 is 5.19. The number of benzene rings is 1. The van der Waals surface area contributed by atoms with Gasteiger partial charge in [0.1, 0.15) is 5.75 Å². The van der Waals surface area contributed by atoms with Crippen molar-refractivity contribution >= 4 is 6.03 Å². The monoisotopic (exact) mass is 292 g/mol. The Bertz CT molecular complexity index is 465. The number of rotatable bonds is 5. The fraction of sp³-hybridized carbons (Fsp3) is 0.562. The summed E-state index contributed by atoms with van der Waals surface area (Å²) in [6.45, 7) is 1.82. The van der Waals surface area contributed by atoms with Crippen LogP contribution in [0.2, 0.25) is 0 Å². The average Bonchev–Trinajstić information content (AvgIpc) is 2.51. The van der Waals surface area contributed by atoms with E-state index in [0.717, 1.165) is 38.0 Å². The van der Waals surface area contributed by atoms with Gasteiger partial charge < -0.3 is 20.1 Å². The van der Waals surface area contributed by atoms with Crippen LogP contribution in [0.25, 0.3) is 0 Å². The average molecular weight is 292 g/mol. The van der Waals surface area contributed by atoms with Crippen molar-refractivity contribution < 1.29 is 14.6 Å². The highest BCUT2D eigenvalue weighted by Gasteiger charge is 2.21. The number of likely N-dealkylation sites (tertiary alicyclic amines) is 1. The molecular formula is C16H24N2O3. The highest BCUT2D eigenvalue weighted by Crippen LogP contribution is 2.14. The minimum atomic E-state index is -0.374. The van der Waals surface area contributed by atoms with Crippen LogP contribution in [-0.2, 0) is 6.42 Å². The molecule has 1 heterocycles. The van der Waals surface area contributed by atoms with Gasteiger partial charge in [-0.3, -0.25) is 0 Å². The molecule has 2 rings (SSSR count). The van der Waals surface area contributed by atoms with E-state index < -0.39 is 0 Å². The van der Waals surface area contributed by atoms with Crippen molar-refractivity contribution in [3.63, 3.8) is 0 Å². The summed E-state index contributed by atoms with van der Waals surface area (Å²) in [4.78, 5) is 13.6. The summed E-state index contributed by atoms with van der Waals surface area (Å²) in [6, 6.07) is 7.91. The van der Waals surface area contributed by atoms with E-state index in [-0.39, 0.29) is 12.1 Å². The van der Waals surface area contributed by atoms with Crippen LogP contribution in [0.3, 0.4) is 0 Å². The van der Waals surface area contributed by atoms with Gasteiger partial charge in [0, 0.05) is 19.6 Å². The number of aryl methyl sites for hydroxylation is 1. The normalized spacial score (nSPS) is 18.4. The van der Waals surface area contributed by atoms with Gasteiger partial charge in [-0.1, -0.05) is 12.1 Å². The molecule has 0 saturated carbocycles. The van der Waals surface area contributed by atoms with Crippen molar-refractivity contribution in [2.75, 3.05) is 26.7 Å². The van der Waals surface area contributed by atoms with Gasteiger partial charge in [0.15, 0.2) is 0 Å². The lowest BCUT2D eigenvalue weighted by Crippen LogP contribution is -2.47. The molecule has 0 aliphatic carbocycles. The summed E-state index contributed by atoms with van der Waals surface area (Å²) in [5.74, 6) is 0.860. The molecule has 1 unspecified atom stereocenters. The molecule has 2 amide bonds. The molecule has 5 nitrogen and oxygen atoms in total. The van der Waals surface area contributed by atoms with Crippen LogP contribution >= 0.6 is 0 Å². The van der Waals surface area contributed by atoms with Crippen LogP contribution in [0.4, 0.5) is 4.79 Å². The maximum atomic E-state index is 11.9. The number of β-amino-alcohol motifs (C(OH)–C–C–N with tert-alkyl or cyclic N) is 1. The van der Waals surface area contributed by atoms with E-state index >= 15 is 0 Å². The van der Waals surface area contributed by atoms with E-state index in [0.29, 0.717) is 13.1 Å². The molecule has 0 aromatic heterocycles. The minimum Gasteiger partial charge on any atom is -0.497 e. The zero-order valence-corrected chi connectivity index (χ0v) is 12.5. The number of aliphatic hydroxyl groups excluding tert-OH is 1. The van der Waals surface area contributed by atoms with Gasteiger partial charge >= 0.3 is 6.03 Å². The Balaban J connectivity index is 1.68. The van der Waals surface area contributed by atoms with E-state index in [9.17, 15) is 9.90 Å². The second kappa shape index (κ2) is 7.88. The molecule has 116 valence electrons. The van der Waals surface area contributed by atoms with Crippen LogP contribution < -0.4 is 10.1 Å². The SMILES string of the molecule is COc1cccc(CCCNC(=O)N2CCCC(O)C2)c1. The van der Waals surface area contributed by atoms with Crippen molar-refractivity contribution in [3.05, 3.63) is 29.8 Å². The van der Waals surface area contributed by atoms with Gasteiger partial charge in [0.05, 0.1) is 13.2 Å². The number of piperidine rings is 1. The van der Waals surface area contributed by atoms with Crippen LogP contribution in [0.5, 0.6) is 5.75 Å². The van der Waals surface area contributed by atoms with Crippen molar-refractivity contribution in [3.8, 4) is 5.75 Å². The number of amides is 2. The third-order valence-electron chi connectivity index (χ3n) is 3.74. The fourth-order valence-corrected chi connectivity index (χ4v) is 2.57. The van der Waals surface area contributed by atoms with Crippen molar-refractivity contribution in [1.82, 2.24) is 10.2 Å². The summed E-state index contributed by atoms with van der Waals surface area (Å²) in [6.07, 6.45) is 3.08. The molecule has 0 spiro atoms. The molecule has 1 aromatic rings. The first kappa shape index (κ1) is 15.6. The molecule has 0 bridgehead atoms. The zero-order valence-electron chi connectivity index (χ0n) is 12.5. The van der Waals surface area contributed by atoms with Gasteiger partial charge in [-0.25, -0.2) is 4.79 Å². The van der Waals surface area contributed by atoms with Crippen LogP contribution in [0.15, 0.2) is 24.3 Å². The Morgan fingerprint density at radius 1 is 1.52 bits per heavy atom. The number of ether oxygens (including phenoxy) is 1. The highest BCUT2D eigenvalue weighted by atomic mass is 16.5. The molecule has 5 heteroatoms. The lowest BCUT2D eigenvalue weighted by molar-refractivity contribution is 0.0843. The number of carbonyl (C=O) groups is 1. The molecule has 1 aliphatic heterocycles. The number of hydrogen-bond donors (Lipinski definition) is 2. The van der Waals surface area contributed by atoms with Crippen LogP contribution in [-0.4, -0.2) is 48.9 Å². The lowest BCUT2D eigenvalue weighted by atomic mass is 10.1. The Kier molecular flexibility index (Phi) is 5.87. The first-order valence-corrected chi connectivity index (χ1v) is 7.53. The smallest absolute Gasteiger partial charge is 0.317 e. The second-order valence-corrected chi connectivity index (χ2v) is 5.43. The summed E-state index contributed by atoms with van der Waals surface area (Å²) in [5.41, 5.74) is 1.21. The molecule has 1 aromatic carbocycles. The van der Waals surface area contributed by atoms with Crippen LogP contribution in [0.1, 0.15) is 24.8 Å². The van der Waals surface area contributed by atoms with Gasteiger partial charge in [-0.05, 0) is 43.4 Å². The van der Waals surface area contributed by atoms with Crippen molar-refractivity contribution in [1.29, 1.82) is 0 Å². The topological polar surface area (TPSA) is 61.8 Å². The molecule has 1 aliphatic rings. The number of nitrogens with one attached hydrogen (secondary N) is 1. The van der Waals surface area contributed by atoms with E-state index in [1.807, 2.05) is 18.2 Å². The minimum absolute atomic E-state index is 0.0700. The van der Waals surface area contributed by atoms with Crippen molar-refractivity contribution in [2.45, 2.75) is 31.8 Å². The van der Waals surface area contributed by atoms with E-state index in [2.05, 4.69) is 11.4 Å². The van der Waals surface area contributed by atoms with E-state index in [1.54, 1.807) is 12.0 Å². The van der Waals surface area contributed by atoms with Gasteiger partial charge in [-0.2, -0.15) is 0 Å². The molecule has 2 N–H and O–H groups in total. The predicted octanol–water partition coefficient (Wildman–Crippen LogP) is 1.79. The fourth-order valence-electron chi connectivity index (χ4n) is 2.57. The molecule has 1 saturated heterocycles. The lowest BCUT2D eigenvalue weighted by Gasteiger charge is -2.30. The summed E-state index contributed by atoms with van der Waals surface area (Å²) >= 11 is 0. The highest BCUT2D eigenvalue weighted by molar-refractivity contribution is 5.74. The number of aliphatic hydroxyl groups is 1. The maximum Gasteiger partial charge on any atom is 0.317 e. The Labute approximate surface area is 125 Å². The zero-order chi connectivity index (χ0) is 15.1. The summed E-state index contributed by atoms with van der Waals surface area (Å²) in [5, 5.41) is 12.5. The van der Waals surface area contributed by atoms with Gasteiger partial charge in [0.25, 0.3) is 0 Å². The number of methoxy groups -OCH3 is 1. The number of nitrogens with zero attached hydrogens (tertiary/aromatic N) is 1.